The van der Waals surface area contributed by atoms with Crippen molar-refractivity contribution < 1.29 is 18.3 Å². The minimum atomic E-state index is -3.58. The standard InChI is InChI=1S/C12H20N4O4S/c1-2-3-14-4-6-16(7-5-14)21(19,20)11-8-13-15(9-11)10-12(17)18/h8-9H,2-7,10H2,1H3,(H,17,18). The fourth-order valence-electron chi connectivity index (χ4n) is 2.36. The average molecular weight is 316 g/mol. The van der Waals surface area contributed by atoms with Gasteiger partial charge in [0.1, 0.15) is 11.4 Å². The zero-order valence-electron chi connectivity index (χ0n) is 12.0. The molecule has 1 aromatic heterocycles. The molecule has 0 saturated carbocycles. The van der Waals surface area contributed by atoms with E-state index in [2.05, 4.69) is 16.9 Å². The lowest BCUT2D eigenvalue weighted by atomic mass is 10.3. The van der Waals surface area contributed by atoms with E-state index in [0.717, 1.165) is 30.7 Å². The Morgan fingerprint density at radius 2 is 2.00 bits per heavy atom. The number of carbonyl (C=O) groups is 1. The Morgan fingerprint density at radius 3 is 2.57 bits per heavy atom. The van der Waals surface area contributed by atoms with Crippen molar-refractivity contribution >= 4 is 16.0 Å². The third kappa shape index (κ3) is 3.80. The van der Waals surface area contributed by atoms with Crippen molar-refractivity contribution in [2.45, 2.75) is 24.8 Å². The van der Waals surface area contributed by atoms with Gasteiger partial charge in [0.05, 0.1) is 6.20 Å². The first-order chi connectivity index (χ1) is 9.93. The Balaban J connectivity index is 2.05. The zero-order valence-corrected chi connectivity index (χ0v) is 12.8. The summed E-state index contributed by atoms with van der Waals surface area (Å²) in [6.45, 7) is 5.07. The third-order valence-electron chi connectivity index (χ3n) is 3.42. The highest BCUT2D eigenvalue weighted by molar-refractivity contribution is 7.89. The third-order valence-corrected chi connectivity index (χ3v) is 5.27. The van der Waals surface area contributed by atoms with Gasteiger partial charge in [-0.05, 0) is 13.0 Å². The molecule has 118 valence electrons. The number of aromatic nitrogens is 2. The van der Waals surface area contributed by atoms with E-state index >= 15 is 0 Å². The van der Waals surface area contributed by atoms with E-state index in [1.807, 2.05) is 0 Å². The first kappa shape index (κ1) is 15.9. The van der Waals surface area contributed by atoms with Gasteiger partial charge in [0.2, 0.25) is 10.0 Å². The van der Waals surface area contributed by atoms with Gasteiger partial charge in [-0.25, -0.2) is 8.42 Å². The molecule has 0 atom stereocenters. The van der Waals surface area contributed by atoms with Gasteiger partial charge in [-0.3, -0.25) is 9.48 Å². The molecule has 1 aliphatic rings. The molecule has 9 heteroatoms. The van der Waals surface area contributed by atoms with Crippen molar-refractivity contribution in [3.8, 4) is 0 Å². The number of hydrogen-bond donors (Lipinski definition) is 1. The Morgan fingerprint density at radius 1 is 1.33 bits per heavy atom. The van der Waals surface area contributed by atoms with Gasteiger partial charge in [-0.2, -0.15) is 9.40 Å². The lowest BCUT2D eigenvalue weighted by molar-refractivity contribution is -0.137. The summed E-state index contributed by atoms with van der Waals surface area (Å²) in [5.74, 6) is -1.06. The zero-order chi connectivity index (χ0) is 15.5. The highest BCUT2D eigenvalue weighted by Gasteiger charge is 2.29. The first-order valence-corrected chi connectivity index (χ1v) is 8.34. The quantitative estimate of drug-likeness (QED) is 0.773. The van der Waals surface area contributed by atoms with Crippen LogP contribution in [0.3, 0.4) is 0 Å². The average Bonchev–Trinajstić information content (AvgIpc) is 2.88. The Hall–Kier alpha value is -1.45. The van der Waals surface area contributed by atoms with Crippen molar-refractivity contribution in [3.05, 3.63) is 12.4 Å². The molecule has 0 aliphatic carbocycles. The molecule has 8 nitrogen and oxygen atoms in total. The van der Waals surface area contributed by atoms with Crippen LogP contribution in [0.15, 0.2) is 17.3 Å². The van der Waals surface area contributed by atoms with Crippen molar-refractivity contribution in [2.75, 3.05) is 32.7 Å². The number of carboxylic acid groups (broad SMARTS) is 1. The van der Waals surface area contributed by atoms with Crippen LogP contribution < -0.4 is 0 Å². The highest BCUT2D eigenvalue weighted by Crippen LogP contribution is 2.17. The SMILES string of the molecule is CCCN1CCN(S(=O)(=O)c2cnn(CC(=O)O)c2)CC1. The molecule has 21 heavy (non-hydrogen) atoms. The minimum absolute atomic E-state index is 0.0488. The molecule has 2 heterocycles. The van der Waals surface area contributed by atoms with E-state index < -0.39 is 16.0 Å². The van der Waals surface area contributed by atoms with Crippen LogP contribution in [-0.4, -0.2) is 71.2 Å². The fourth-order valence-corrected chi connectivity index (χ4v) is 3.74. The maximum Gasteiger partial charge on any atom is 0.325 e. The molecule has 0 aromatic carbocycles. The topological polar surface area (TPSA) is 95.7 Å². The van der Waals surface area contributed by atoms with E-state index in [9.17, 15) is 13.2 Å². The highest BCUT2D eigenvalue weighted by atomic mass is 32.2. The number of nitrogens with zero attached hydrogens (tertiary/aromatic N) is 4. The fraction of sp³-hybridized carbons (Fsp3) is 0.667. The van der Waals surface area contributed by atoms with Crippen LogP contribution in [-0.2, 0) is 21.4 Å². The monoisotopic (exact) mass is 316 g/mol. The number of carboxylic acids is 1. The number of aliphatic carboxylic acids is 1. The molecule has 0 amide bonds. The van der Waals surface area contributed by atoms with Crippen LogP contribution in [0.25, 0.3) is 0 Å². The van der Waals surface area contributed by atoms with Crippen LogP contribution in [0.4, 0.5) is 0 Å². The summed E-state index contributed by atoms with van der Waals surface area (Å²) in [6, 6.07) is 0. The number of piperazine rings is 1. The van der Waals surface area contributed by atoms with Crippen molar-refractivity contribution in [3.63, 3.8) is 0 Å². The largest absolute Gasteiger partial charge is 0.480 e. The van der Waals surface area contributed by atoms with Crippen molar-refractivity contribution in [1.82, 2.24) is 19.0 Å². The van der Waals surface area contributed by atoms with E-state index in [1.54, 1.807) is 0 Å². The second-order valence-electron chi connectivity index (χ2n) is 5.01. The molecular formula is C12H20N4O4S. The summed E-state index contributed by atoms with van der Waals surface area (Å²) < 4.78 is 27.5. The van der Waals surface area contributed by atoms with Crippen LogP contribution in [0.1, 0.15) is 13.3 Å². The molecule has 1 fully saturated rings. The lowest BCUT2D eigenvalue weighted by Crippen LogP contribution is -2.48. The second-order valence-corrected chi connectivity index (χ2v) is 6.95. The summed E-state index contributed by atoms with van der Waals surface area (Å²) in [5.41, 5.74) is 0. The van der Waals surface area contributed by atoms with Gasteiger partial charge in [-0.15, -0.1) is 0 Å². The van der Waals surface area contributed by atoms with Crippen LogP contribution in [0.5, 0.6) is 0 Å². The Bertz CT molecular complexity index is 590. The molecule has 0 bridgehead atoms. The normalized spacial score (nSPS) is 18.0. The summed E-state index contributed by atoms with van der Waals surface area (Å²) in [5, 5.41) is 12.5. The summed E-state index contributed by atoms with van der Waals surface area (Å²) in [6.07, 6.45) is 3.52. The molecule has 1 N–H and O–H groups in total. The smallest absolute Gasteiger partial charge is 0.325 e. The predicted octanol–water partition coefficient (Wildman–Crippen LogP) is -0.316. The van der Waals surface area contributed by atoms with Gasteiger partial charge in [0.15, 0.2) is 0 Å². The molecule has 1 aromatic rings. The second kappa shape index (κ2) is 6.54. The van der Waals surface area contributed by atoms with Crippen LogP contribution in [0, 0.1) is 0 Å². The number of sulfonamides is 1. The Kier molecular flexibility index (Phi) is 4.96. The van der Waals surface area contributed by atoms with Gasteiger partial charge in [0.25, 0.3) is 0 Å². The maximum absolute atomic E-state index is 12.5. The van der Waals surface area contributed by atoms with E-state index in [-0.39, 0.29) is 11.4 Å². The van der Waals surface area contributed by atoms with Crippen molar-refractivity contribution in [1.29, 1.82) is 0 Å². The number of hydrogen-bond acceptors (Lipinski definition) is 5. The van der Waals surface area contributed by atoms with Crippen LogP contribution in [0.2, 0.25) is 0 Å². The summed E-state index contributed by atoms with van der Waals surface area (Å²) >= 11 is 0. The van der Waals surface area contributed by atoms with Gasteiger partial charge in [0, 0.05) is 32.4 Å². The molecule has 1 saturated heterocycles. The Labute approximate surface area is 124 Å². The van der Waals surface area contributed by atoms with Crippen molar-refractivity contribution in [2.24, 2.45) is 0 Å². The predicted molar refractivity (Wildman–Crippen MR) is 75.4 cm³/mol. The minimum Gasteiger partial charge on any atom is -0.480 e. The van der Waals surface area contributed by atoms with Crippen LogP contribution >= 0.6 is 0 Å². The van der Waals surface area contributed by atoms with E-state index in [0.29, 0.717) is 13.1 Å². The van der Waals surface area contributed by atoms with E-state index in [4.69, 9.17) is 5.11 Å². The summed E-state index contributed by atoms with van der Waals surface area (Å²) in [4.78, 5) is 12.9. The lowest BCUT2D eigenvalue weighted by Gasteiger charge is -2.33. The molecule has 0 radical (unpaired) electrons. The molecular weight excluding hydrogens is 296 g/mol. The molecule has 2 rings (SSSR count). The number of rotatable bonds is 6. The van der Waals surface area contributed by atoms with Gasteiger partial charge >= 0.3 is 5.97 Å². The first-order valence-electron chi connectivity index (χ1n) is 6.90. The van der Waals surface area contributed by atoms with Gasteiger partial charge < -0.3 is 10.0 Å². The molecule has 1 aliphatic heterocycles. The van der Waals surface area contributed by atoms with E-state index in [1.165, 1.54) is 16.7 Å². The summed E-state index contributed by atoms with van der Waals surface area (Å²) in [7, 11) is -3.58. The maximum atomic E-state index is 12.5. The molecule has 0 unspecified atom stereocenters. The molecule has 0 spiro atoms. The van der Waals surface area contributed by atoms with Gasteiger partial charge in [-0.1, -0.05) is 6.92 Å².